The molecule has 1 N–H and O–H groups in total. The predicted octanol–water partition coefficient (Wildman–Crippen LogP) is 5.00. The Morgan fingerprint density at radius 1 is 0.871 bits per heavy atom. The number of rotatable bonds is 5. The van der Waals surface area contributed by atoms with Crippen LogP contribution < -0.4 is 5.56 Å². The second kappa shape index (κ2) is 8.32. The number of nitrogens with one attached hydrogen (secondary N) is 1. The zero-order valence-electron chi connectivity index (χ0n) is 16.6. The number of hydrogen-bond acceptors (Lipinski definition) is 3. The van der Waals surface area contributed by atoms with Crippen molar-refractivity contribution in [3.63, 3.8) is 0 Å². The second-order valence-corrected chi connectivity index (χ2v) is 8.21. The molecule has 2 aromatic carbocycles. The Bertz CT molecular complexity index is 1340. The molecule has 0 saturated carbocycles. The summed E-state index contributed by atoms with van der Waals surface area (Å²) in [6, 6.07) is 24.0. The quantitative estimate of drug-likeness (QED) is 0.367. The van der Waals surface area contributed by atoms with E-state index in [0.717, 1.165) is 32.7 Å². The number of pyridine rings is 1. The molecule has 31 heavy (non-hydrogen) atoms. The topological polar surface area (TPSA) is 63.6 Å². The van der Waals surface area contributed by atoms with Crippen LogP contribution in [-0.4, -0.2) is 19.5 Å². The summed E-state index contributed by atoms with van der Waals surface area (Å²) in [5.41, 5.74) is 5.32. The molecule has 0 radical (unpaired) electrons. The van der Waals surface area contributed by atoms with Gasteiger partial charge in [-0.3, -0.25) is 9.36 Å². The number of imidazole rings is 1. The summed E-state index contributed by atoms with van der Waals surface area (Å²) in [4.78, 5) is 25.8. The van der Waals surface area contributed by atoms with Crippen LogP contribution >= 0.6 is 15.9 Å². The van der Waals surface area contributed by atoms with Crippen LogP contribution in [0.15, 0.2) is 94.6 Å². The third-order valence-corrected chi connectivity index (χ3v) is 5.69. The van der Waals surface area contributed by atoms with Crippen molar-refractivity contribution in [2.24, 2.45) is 0 Å². The molecule has 2 aliphatic heterocycles. The van der Waals surface area contributed by atoms with E-state index in [2.05, 4.69) is 38.0 Å². The molecule has 0 saturated heterocycles. The van der Waals surface area contributed by atoms with Crippen molar-refractivity contribution in [2.45, 2.75) is 12.8 Å². The summed E-state index contributed by atoms with van der Waals surface area (Å²) in [6.07, 6.45) is 4.70. The van der Waals surface area contributed by atoms with Crippen LogP contribution in [0.4, 0.5) is 0 Å². The smallest absolute Gasteiger partial charge is 0.278 e. The molecule has 1 aromatic heterocycles. The Labute approximate surface area is 187 Å². The highest BCUT2D eigenvalue weighted by Crippen LogP contribution is 2.23. The van der Waals surface area contributed by atoms with Crippen molar-refractivity contribution in [1.29, 1.82) is 0 Å². The van der Waals surface area contributed by atoms with Crippen LogP contribution in [0.25, 0.3) is 17.1 Å². The fourth-order valence-electron chi connectivity index (χ4n) is 3.68. The van der Waals surface area contributed by atoms with Crippen molar-refractivity contribution < 1.29 is 0 Å². The molecule has 0 bridgehead atoms. The standard InChI is InChI=1S/C25H19BrN4O/c26-23-12-11-18(15-27-23)14-21-25(31)30-16-22(19-9-5-2-6-10-19)28-20(24(30)29-21)13-17-7-3-1-4-8-17/h1-12,15-16,28H,13-14H2. The Morgan fingerprint density at radius 3 is 2.32 bits per heavy atom. The van der Waals surface area contributed by atoms with Gasteiger partial charge in [0.1, 0.15) is 10.3 Å². The maximum atomic E-state index is 13.2. The maximum absolute atomic E-state index is 13.2. The number of H-pyrrole nitrogens is 1. The summed E-state index contributed by atoms with van der Waals surface area (Å²) >= 11 is 3.35. The molecule has 5 rings (SSSR count). The fourth-order valence-corrected chi connectivity index (χ4v) is 3.92. The molecule has 2 aliphatic rings. The van der Waals surface area contributed by atoms with E-state index in [1.165, 1.54) is 0 Å². The molecule has 3 heterocycles. The Morgan fingerprint density at radius 2 is 1.61 bits per heavy atom. The lowest BCUT2D eigenvalue weighted by atomic mass is 10.1. The lowest BCUT2D eigenvalue weighted by Crippen LogP contribution is -2.17. The normalized spacial score (nSPS) is 11.1. The van der Waals surface area contributed by atoms with Crippen LogP contribution in [0.2, 0.25) is 0 Å². The van der Waals surface area contributed by atoms with E-state index in [9.17, 15) is 4.79 Å². The van der Waals surface area contributed by atoms with Crippen LogP contribution in [0, 0.1) is 0 Å². The van der Waals surface area contributed by atoms with Crippen LogP contribution in [0.1, 0.15) is 22.5 Å². The minimum Gasteiger partial charge on any atom is -0.354 e. The Hall–Kier alpha value is -3.51. The average molecular weight is 471 g/mol. The molecule has 5 nitrogen and oxygen atoms in total. The summed E-state index contributed by atoms with van der Waals surface area (Å²) in [5.74, 6) is 0.661. The first-order chi connectivity index (χ1) is 15.2. The summed E-state index contributed by atoms with van der Waals surface area (Å²) in [5, 5.41) is 0. The molecule has 0 atom stereocenters. The van der Waals surface area contributed by atoms with Gasteiger partial charge in [0, 0.05) is 25.2 Å². The summed E-state index contributed by atoms with van der Waals surface area (Å²) in [6.45, 7) is 0. The van der Waals surface area contributed by atoms with Gasteiger partial charge in [0.25, 0.3) is 5.56 Å². The van der Waals surface area contributed by atoms with Gasteiger partial charge in [0.05, 0.1) is 11.4 Å². The molecule has 0 amide bonds. The molecule has 0 unspecified atom stereocenters. The van der Waals surface area contributed by atoms with Gasteiger partial charge < -0.3 is 4.98 Å². The second-order valence-electron chi connectivity index (χ2n) is 7.40. The van der Waals surface area contributed by atoms with E-state index in [-0.39, 0.29) is 5.56 Å². The Balaban J connectivity index is 1.63. The monoisotopic (exact) mass is 470 g/mol. The first-order valence-electron chi connectivity index (χ1n) is 10.0. The molecule has 0 spiro atoms. The van der Waals surface area contributed by atoms with E-state index in [1.54, 1.807) is 10.8 Å². The predicted molar refractivity (Wildman–Crippen MR) is 125 cm³/mol. The van der Waals surface area contributed by atoms with Gasteiger partial charge in [-0.1, -0.05) is 66.7 Å². The van der Waals surface area contributed by atoms with Crippen molar-refractivity contribution >= 4 is 15.9 Å². The maximum Gasteiger partial charge on any atom is 0.278 e. The SMILES string of the molecule is O=c1c(Cc2ccc(Br)nc2)nc2c(Cc3ccccc3)[nH]c(-c3ccccc3)cn1-2. The zero-order chi connectivity index (χ0) is 21.2. The van der Waals surface area contributed by atoms with Crippen molar-refractivity contribution in [3.05, 3.63) is 123 Å². The zero-order valence-corrected chi connectivity index (χ0v) is 18.2. The third-order valence-electron chi connectivity index (χ3n) is 5.22. The van der Waals surface area contributed by atoms with E-state index in [1.807, 2.05) is 66.9 Å². The molecule has 6 heteroatoms. The van der Waals surface area contributed by atoms with Gasteiger partial charge in [-0.25, -0.2) is 9.97 Å². The van der Waals surface area contributed by atoms with E-state index >= 15 is 0 Å². The van der Waals surface area contributed by atoms with Crippen molar-refractivity contribution in [2.75, 3.05) is 0 Å². The lowest BCUT2D eigenvalue weighted by molar-refractivity contribution is 0.914. The molecule has 3 aromatic rings. The van der Waals surface area contributed by atoms with Crippen molar-refractivity contribution in [1.82, 2.24) is 19.5 Å². The van der Waals surface area contributed by atoms with Crippen LogP contribution in [-0.2, 0) is 12.8 Å². The number of nitrogens with zero attached hydrogens (tertiary/aromatic N) is 3. The number of aromatic amines is 1. The van der Waals surface area contributed by atoms with E-state index < -0.39 is 0 Å². The molecular formula is C25H19BrN4O. The minimum absolute atomic E-state index is 0.0987. The van der Waals surface area contributed by atoms with Gasteiger partial charge in [0.15, 0.2) is 5.82 Å². The number of aromatic nitrogens is 4. The highest BCUT2D eigenvalue weighted by molar-refractivity contribution is 9.10. The largest absolute Gasteiger partial charge is 0.354 e. The highest BCUT2D eigenvalue weighted by atomic mass is 79.9. The fraction of sp³-hybridized carbons (Fsp3) is 0.0800. The number of fused-ring (bicyclic) bond motifs is 1. The van der Waals surface area contributed by atoms with Crippen LogP contribution in [0.3, 0.4) is 0 Å². The van der Waals surface area contributed by atoms with Gasteiger partial charge in [-0.15, -0.1) is 0 Å². The lowest BCUT2D eigenvalue weighted by Gasteiger charge is -2.13. The van der Waals surface area contributed by atoms with E-state index in [0.29, 0.717) is 24.4 Å². The van der Waals surface area contributed by atoms with Crippen LogP contribution in [0.5, 0.6) is 0 Å². The Kier molecular flexibility index (Phi) is 5.22. The van der Waals surface area contributed by atoms with Crippen molar-refractivity contribution in [3.8, 4) is 17.1 Å². The number of halogens is 1. The first-order valence-corrected chi connectivity index (χ1v) is 10.8. The highest BCUT2D eigenvalue weighted by Gasteiger charge is 2.20. The molecular weight excluding hydrogens is 452 g/mol. The first kappa shape index (κ1) is 19.5. The summed E-state index contributed by atoms with van der Waals surface area (Å²) < 4.78 is 2.43. The van der Waals surface area contributed by atoms with Gasteiger partial charge in [-0.2, -0.15) is 0 Å². The van der Waals surface area contributed by atoms with Gasteiger partial charge in [0.2, 0.25) is 0 Å². The molecule has 0 fully saturated rings. The number of benzene rings is 2. The minimum atomic E-state index is -0.0987. The molecule has 0 aliphatic carbocycles. The third kappa shape index (κ3) is 4.07. The molecule has 152 valence electrons. The summed E-state index contributed by atoms with van der Waals surface area (Å²) in [7, 11) is 0. The van der Waals surface area contributed by atoms with E-state index in [4.69, 9.17) is 4.98 Å². The number of hydrogen-bond donors (Lipinski definition) is 1. The van der Waals surface area contributed by atoms with Gasteiger partial charge >= 0.3 is 0 Å². The van der Waals surface area contributed by atoms with Gasteiger partial charge in [-0.05, 0) is 38.7 Å². The average Bonchev–Trinajstić information content (AvgIpc) is 3.12.